The van der Waals surface area contributed by atoms with Crippen LogP contribution in [-0.4, -0.2) is 32.1 Å². The van der Waals surface area contributed by atoms with E-state index in [4.69, 9.17) is 5.11 Å². The lowest BCUT2D eigenvalue weighted by molar-refractivity contribution is -0.384. The molecule has 1 heterocycles. The molecule has 1 aromatic heterocycles. The van der Waals surface area contributed by atoms with Crippen LogP contribution in [0.4, 0.5) is 5.69 Å². The van der Waals surface area contributed by atoms with Crippen LogP contribution in [0.15, 0.2) is 30.5 Å². The Kier molecular flexibility index (Phi) is 3.56. The van der Waals surface area contributed by atoms with E-state index >= 15 is 0 Å². The number of carbonyl (C=O) groups is 2. The van der Waals surface area contributed by atoms with Crippen molar-refractivity contribution in [3.8, 4) is 11.3 Å². The second kappa shape index (κ2) is 5.31. The second-order valence-electron chi connectivity index (χ2n) is 3.95. The maximum atomic E-state index is 11.0. The highest BCUT2D eigenvalue weighted by molar-refractivity contribution is 5.85. The number of aldehydes is 1. The number of nitro groups is 1. The number of benzene rings is 1. The third kappa shape index (κ3) is 2.69. The molecule has 0 bridgehead atoms. The van der Waals surface area contributed by atoms with Crippen LogP contribution in [0.5, 0.6) is 0 Å². The van der Waals surface area contributed by atoms with E-state index in [9.17, 15) is 19.7 Å². The van der Waals surface area contributed by atoms with Crippen LogP contribution in [0, 0.1) is 10.1 Å². The normalized spacial score (nSPS) is 10.2. The number of carboxylic acid groups (broad SMARTS) is 1. The number of nitrogens with zero attached hydrogens (tertiary/aromatic N) is 3. The number of hydrogen-bond donors (Lipinski definition) is 1. The molecule has 8 nitrogen and oxygen atoms in total. The van der Waals surface area contributed by atoms with Crippen LogP contribution in [-0.2, 0) is 11.3 Å². The van der Waals surface area contributed by atoms with Crippen molar-refractivity contribution >= 4 is 17.9 Å². The molecule has 2 rings (SSSR count). The van der Waals surface area contributed by atoms with E-state index in [0.717, 1.165) is 4.68 Å². The predicted molar refractivity (Wildman–Crippen MR) is 67.3 cm³/mol. The quantitative estimate of drug-likeness (QED) is 0.500. The van der Waals surface area contributed by atoms with Gasteiger partial charge in [-0.2, -0.15) is 5.10 Å². The van der Waals surface area contributed by atoms with Crippen molar-refractivity contribution in [1.29, 1.82) is 0 Å². The van der Waals surface area contributed by atoms with Gasteiger partial charge in [0.25, 0.3) is 5.69 Å². The summed E-state index contributed by atoms with van der Waals surface area (Å²) in [6, 6.07) is 5.50. The number of rotatable bonds is 5. The van der Waals surface area contributed by atoms with Gasteiger partial charge in [-0.1, -0.05) is 0 Å². The number of aliphatic carboxylic acids is 1. The molecule has 2 aromatic rings. The lowest BCUT2D eigenvalue weighted by Crippen LogP contribution is -2.08. The van der Waals surface area contributed by atoms with Crippen molar-refractivity contribution in [2.24, 2.45) is 0 Å². The molecule has 8 heteroatoms. The molecule has 0 saturated heterocycles. The summed E-state index contributed by atoms with van der Waals surface area (Å²) >= 11 is 0. The minimum absolute atomic E-state index is 0.0774. The van der Waals surface area contributed by atoms with Gasteiger partial charge in [0.2, 0.25) is 0 Å². The number of carboxylic acids is 1. The Balaban J connectivity index is 2.40. The number of nitro benzene ring substituents is 1. The molecule has 0 atom stereocenters. The highest BCUT2D eigenvalue weighted by Crippen LogP contribution is 2.23. The summed E-state index contributed by atoms with van der Waals surface area (Å²) in [5.74, 6) is -1.08. The fourth-order valence-electron chi connectivity index (χ4n) is 1.71. The summed E-state index contributed by atoms with van der Waals surface area (Å²) in [6.07, 6.45) is 1.87. The summed E-state index contributed by atoms with van der Waals surface area (Å²) in [7, 11) is 0. The van der Waals surface area contributed by atoms with E-state index in [2.05, 4.69) is 5.10 Å². The summed E-state index contributed by atoms with van der Waals surface area (Å²) in [4.78, 5) is 31.6. The van der Waals surface area contributed by atoms with E-state index in [1.807, 2.05) is 0 Å². The molecule has 20 heavy (non-hydrogen) atoms. The summed E-state index contributed by atoms with van der Waals surface area (Å²) in [6.45, 7) is -0.367. The van der Waals surface area contributed by atoms with E-state index < -0.39 is 10.9 Å². The van der Waals surface area contributed by atoms with E-state index in [1.165, 1.54) is 30.5 Å². The molecular formula is C12H9N3O5. The highest BCUT2D eigenvalue weighted by atomic mass is 16.6. The lowest BCUT2D eigenvalue weighted by Gasteiger charge is -1.98. The monoisotopic (exact) mass is 275 g/mol. The van der Waals surface area contributed by atoms with Crippen molar-refractivity contribution in [2.75, 3.05) is 0 Å². The van der Waals surface area contributed by atoms with Gasteiger partial charge in [0.1, 0.15) is 12.2 Å². The summed E-state index contributed by atoms with van der Waals surface area (Å²) in [5, 5.41) is 23.2. The molecule has 0 spiro atoms. The van der Waals surface area contributed by atoms with Gasteiger partial charge in [-0.3, -0.25) is 24.4 Å². The minimum Gasteiger partial charge on any atom is -0.480 e. The van der Waals surface area contributed by atoms with Crippen molar-refractivity contribution in [3.05, 3.63) is 46.1 Å². The average Bonchev–Trinajstić information content (AvgIpc) is 2.81. The first-order chi connectivity index (χ1) is 9.51. The minimum atomic E-state index is -1.08. The smallest absolute Gasteiger partial charge is 0.325 e. The molecular weight excluding hydrogens is 266 g/mol. The molecule has 0 saturated carbocycles. The third-order valence-corrected chi connectivity index (χ3v) is 2.57. The van der Waals surface area contributed by atoms with Crippen LogP contribution in [0.1, 0.15) is 10.4 Å². The highest BCUT2D eigenvalue weighted by Gasteiger charge is 2.13. The van der Waals surface area contributed by atoms with E-state index in [0.29, 0.717) is 11.8 Å². The number of non-ortho nitro benzene ring substituents is 1. The standard InChI is InChI=1S/C12H9N3O5/c16-7-9-5-14(6-11(17)18)13-12(9)8-1-3-10(4-2-8)15(19)20/h1-5,7H,6H2,(H,17,18). The fraction of sp³-hybridized carbons (Fsp3) is 0.0833. The van der Waals surface area contributed by atoms with E-state index in [1.54, 1.807) is 0 Å². The Morgan fingerprint density at radius 3 is 2.55 bits per heavy atom. The average molecular weight is 275 g/mol. The maximum absolute atomic E-state index is 11.0. The molecule has 0 radical (unpaired) electrons. The molecule has 102 valence electrons. The van der Waals surface area contributed by atoms with E-state index in [-0.39, 0.29) is 23.5 Å². The first kappa shape index (κ1) is 13.4. The van der Waals surface area contributed by atoms with Crippen LogP contribution in [0.3, 0.4) is 0 Å². The zero-order chi connectivity index (χ0) is 14.7. The topological polar surface area (TPSA) is 115 Å². The molecule has 0 amide bonds. The molecule has 0 aliphatic rings. The fourth-order valence-corrected chi connectivity index (χ4v) is 1.71. The largest absolute Gasteiger partial charge is 0.480 e. The molecule has 0 unspecified atom stereocenters. The van der Waals surface area contributed by atoms with Crippen molar-refractivity contribution < 1.29 is 19.6 Å². The Morgan fingerprint density at radius 1 is 1.40 bits per heavy atom. The number of hydrogen-bond acceptors (Lipinski definition) is 5. The Morgan fingerprint density at radius 2 is 2.05 bits per heavy atom. The SMILES string of the molecule is O=Cc1cn(CC(=O)O)nc1-c1ccc([N+](=O)[O-])cc1. The third-order valence-electron chi connectivity index (χ3n) is 2.57. The van der Waals surface area contributed by atoms with Gasteiger partial charge >= 0.3 is 5.97 Å². The zero-order valence-electron chi connectivity index (χ0n) is 10.1. The van der Waals surface area contributed by atoms with Gasteiger partial charge in [0.05, 0.1) is 10.5 Å². The molecule has 0 aliphatic heterocycles. The summed E-state index contributed by atoms with van der Waals surface area (Å²) < 4.78 is 1.13. The molecule has 0 aliphatic carbocycles. The van der Waals surface area contributed by atoms with Crippen LogP contribution >= 0.6 is 0 Å². The summed E-state index contributed by atoms with van der Waals surface area (Å²) in [5.41, 5.74) is 0.935. The Bertz CT molecular complexity index is 675. The second-order valence-corrected chi connectivity index (χ2v) is 3.95. The van der Waals surface area contributed by atoms with Gasteiger partial charge in [0, 0.05) is 23.9 Å². The first-order valence-electron chi connectivity index (χ1n) is 5.50. The molecule has 0 fully saturated rings. The maximum Gasteiger partial charge on any atom is 0.325 e. The van der Waals surface area contributed by atoms with Gasteiger partial charge in [0.15, 0.2) is 6.29 Å². The van der Waals surface area contributed by atoms with Gasteiger partial charge < -0.3 is 5.11 Å². The number of carbonyl (C=O) groups excluding carboxylic acids is 1. The van der Waals surface area contributed by atoms with Crippen molar-refractivity contribution in [2.45, 2.75) is 6.54 Å². The molecule has 1 N–H and O–H groups in total. The van der Waals surface area contributed by atoms with Crippen LogP contribution in [0.2, 0.25) is 0 Å². The Hall–Kier alpha value is -3.03. The Labute approximate surface area is 112 Å². The predicted octanol–water partition coefficient (Wildman–Crippen LogP) is 1.36. The number of aromatic nitrogens is 2. The van der Waals surface area contributed by atoms with Crippen LogP contribution < -0.4 is 0 Å². The van der Waals surface area contributed by atoms with Crippen molar-refractivity contribution in [3.63, 3.8) is 0 Å². The van der Waals surface area contributed by atoms with Gasteiger partial charge in [-0.25, -0.2) is 0 Å². The lowest BCUT2D eigenvalue weighted by atomic mass is 10.1. The first-order valence-corrected chi connectivity index (χ1v) is 5.50. The molecule has 1 aromatic carbocycles. The van der Waals surface area contributed by atoms with Gasteiger partial charge in [-0.05, 0) is 12.1 Å². The van der Waals surface area contributed by atoms with Crippen LogP contribution in [0.25, 0.3) is 11.3 Å². The zero-order valence-corrected chi connectivity index (χ0v) is 10.1. The van der Waals surface area contributed by atoms with Crippen molar-refractivity contribution in [1.82, 2.24) is 9.78 Å². The van der Waals surface area contributed by atoms with Gasteiger partial charge in [-0.15, -0.1) is 0 Å².